The van der Waals surface area contributed by atoms with E-state index in [1.807, 2.05) is 23.9 Å². The minimum Gasteiger partial charge on any atom is -0.298 e. The van der Waals surface area contributed by atoms with Gasteiger partial charge in [-0.3, -0.25) is 4.79 Å². The van der Waals surface area contributed by atoms with Gasteiger partial charge in [-0.25, -0.2) is 0 Å². The highest BCUT2D eigenvalue weighted by Gasteiger charge is 2.23. The van der Waals surface area contributed by atoms with Crippen molar-refractivity contribution in [3.63, 3.8) is 0 Å². The summed E-state index contributed by atoms with van der Waals surface area (Å²) in [6.45, 7) is 0. The topological polar surface area (TPSA) is 17.1 Å². The SMILES string of the molecule is O=Cc1ccc(SC2CC2)c(Cl)c1. The number of benzene rings is 1. The molecular weight excluding hydrogens is 204 g/mol. The van der Waals surface area contributed by atoms with Crippen LogP contribution in [0.25, 0.3) is 0 Å². The van der Waals surface area contributed by atoms with E-state index >= 15 is 0 Å². The molecule has 68 valence electrons. The normalized spacial score (nSPS) is 15.8. The number of hydrogen-bond donors (Lipinski definition) is 0. The van der Waals surface area contributed by atoms with Crippen LogP contribution >= 0.6 is 23.4 Å². The second-order valence-electron chi connectivity index (χ2n) is 3.12. The van der Waals surface area contributed by atoms with Crippen molar-refractivity contribution in [3.8, 4) is 0 Å². The fourth-order valence-corrected chi connectivity index (χ4v) is 2.42. The van der Waals surface area contributed by atoms with Crippen LogP contribution in [0.4, 0.5) is 0 Å². The second kappa shape index (κ2) is 3.72. The van der Waals surface area contributed by atoms with Crippen LogP contribution < -0.4 is 0 Å². The molecule has 0 heterocycles. The first-order chi connectivity index (χ1) is 6.29. The molecule has 0 radical (unpaired) electrons. The molecule has 1 nitrogen and oxygen atoms in total. The minimum absolute atomic E-state index is 0.644. The van der Waals surface area contributed by atoms with Crippen molar-refractivity contribution >= 4 is 29.6 Å². The zero-order valence-electron chi connectivity index (χ0n) is 7.00. The maximum absolute atomic E-state index is 10.4. The summed E-state index contributed by atoms with van der Waals surface area (Å²) < 4.78 is 0. The Morgan fingerprint density at radius 1 is 1.46 bits per heavy atom. The summed E-state index contributed by atoms with van der Waals surface area (Å²) in [7, 11) is 0. The van der Waals surface area contributed by atoms with Crippen LogP contribution in [-0.2, 0) is 0 Å². The van der Waals surface area contributed by atoms with E-state index in [4.69, 9.17) is 11.6 Å². The Hall–Kier alpha value is -0.470. The number of carbonyl (C=O) groups excluding carboxylic acids is 1. The van der Waals surface area contributed by atoms with E-state index in [-0.39, 0.29) is 0 Å². The van der Waals surface area contributed by atoms with Crippen LogP contribution in [0.5, 0.6) is 0 Å². The summed E-state index contributed by atoms with van der Waals surface area (Å²) >= 11 is 7.81. The number of rotatable bonds is 3. The summed E-state index contributed by atoms with van der Waals surface area (Å²) in [5.41, 5.74) is 0.644. The predicted octanol–water partition coefficient (Wildman–Crippen LogP) is 3.41. The van der Waals surface area contributed by atoms with Gasteiger partial charge in [-0.05, 0) is 25.0 Å². The molecule has 0 aliphatic heterocycles. The van der Waals surface area contributed by atoms with Crippen molar-refractivity contribution in [2.75, 3.05) is 0 Å². The minimum atomic E-state index is 0.644. The molecule has 0 aromatic heterocycles. The lowest BCUT2D eigenvalue weighted by molar-refractivity contribution is 0.112. The zero-order chi connectivity index (χ0) is 9.26. The van der Waals surface area contributed by atoms with Gasteiger partial charge in [0.15, 0.2) is 0 Å². The molecule has 1 saturated carbocycles. The molecule has 0 atom stereocenters. The zero-order valence-corrected chi connectivity index (χ0v) is 8.57. The van der Waals surface area contributed by atoms with Crippen molar-refractivity contribution in [2.45, 2.75) is 23.0 Å². The van der Waals surface area contributed by atoms with Crippen molar-refractivity contribution in [1.29, 1.82) is 0 Å². The first kappa shape index (κ1) is 9.10. The van der Waals surface area contributed by atoms with E-state index < -0.39 is 0 Å². The van der Waals surface area contributed by atoms with Crippen molar-refractivity contribution < 1.29 is 4.79 Å². The lowest BCUT2D eigenvalue weighted by Crippen LogP contribution is -1.82. The van der Waals surface area contributed by atoms with Crippen molar-refractivity contribution in [2.24, 2.45) is 0 Å². The van der Waals surface area contributed by atoms with Gasteiger partial charge in [0.2, 0.25) is 0 Å². The quantitative estimate of drug-likeness (QED) is 0.715. The molecular formula is C10H9ClOS. The number of hydrogen-bond acceptors (Lipinski definition) is 2. The maximum atomic E-state index is 10.4. The van der Waals surface area contributed by atoms with Crippen molar-refractivity contribution in [1.82, 2.24) is 0 Å². The van der Waals surface area contributed by atoms with Gasteiger partial charge >= 0.3 is 0 Å². The van der Waals surface area contributed by atoms with Crippen molar-refractivity contribution in [3.05, 3.63) is 28.8 Å². The Balaban J connectivity index is 2.20. The lowest BCUT2D eigenvalue weighted by atomic mass is 10.2. The first-order valence-corrected chi connectivity index (χ1v) is 5.47. The molecule has 0 amide bonds. The van der Waals surface area contributed by atoms with Gasteiger partial charge < -0.3 is 0 Å². The van der Waals surface area contributed by atoms with E-state index in [2.05, 4.69) is 0 Å². The van der Waals surface area contributed by atoms with E-state index in [0.29, 0.717) is 10.6 Å². The van der Waals surface area contributed by atoms with E-state index in [1.54, 1.807) is 6.07 Å². The van der Waals surface area contributed by atoms with Gasteiger partial charge in [-0.2, -0.15) is 0 Å². The van der Waals surface area contributed by atoms with Crippen LogP contribution in [0.2, 0.25) is 5.02 Å². The standard InChI is InChI=1S/C10H9ClOS/c11-9-5-7(6-12)1-4-10(9)13-8-2-3-8/h1,4-6,8H,2-3H2. The third-order valence-corrected chi connectivity index (χ3v) is 3.75. The number of carbonyl (C=O) groups is 1. The molecule has 1 aliphatic rings. The first-order valence-electron chi connectivity index (χ1n) is 4.21. The Morgan fingerprint density at radius 3 is 2.77 bits per heavy atom. The Kier molecular flexibility index (Phi) is 2.61. The fraction of sp³-hybridized carbons (Fsp3) is 0.300. The Morgan fingerprint density at radius 2 is 2.23 bits per heavy atom. The number of aldehydes is 1. The van der Waals surface area contributed by atoms with Crippen LogP contribution in [0.3, 0.4) is 0 Å². The Labute approximate surface area is 86.5 Å². The van der Waals surface area contributed by atoms with Crippen LogP contribution in [0, 0.1) is 0 Å². The number of thioether (sulfide) groups is 1. The molecule has 1 aliphatic carbocycles. The summed E-state index contributed by atoms with van der Waals surface area (Å²) in [6, 6.07) is 5.46. The summed E-state index contributed by atoms with van der Waals surface area (Å²) in [5, 5.41) is 1.45. The third kappa shape index (κ3) is 2.26. The third-order valence-electron chi connectivity index (χ3n) is 1.91. The van der Waals surface area contributed by atoms with E-state index in [9.17, 15) is 4.79 Å². The molecule has 2 rings (SSSR count). The molecule has 0 N–H and O–H groups in total. The molecule has 0 unspecified atom stereocenters. The molecule has 3 heteroatoms. The highest BCUT2D eigenvalue weighted by molar-refractivity contribution is 8.00. The molecule has 1 aromatic carbocycles. The molecule has 13 heavy (non-hydrogen) atoms. The average Bonchev–Trinajstić information content (AvgIpc) is 2.92. The predicted molar refractivity (Wildman–Crippen MR) is 55.7 cm³/mol. The molecule has 0 bridgehead atoms. The molecule has 0 spiro atoms. The van der Waals surface area contributed by atoms with Crippen LogP contribution in [-0.4, -0.2) is 11.5 Å². The highest BCUT2D eigenvalue weighted by atomic mass is 35.5. The highest BCUT2D eigenvalue weighted by Crippen LogP contribution is 2.41. The van der Waals surface area contributed by atoms with E-state index in [1.165, 1.54) is 12.8 Å². The fourth-order valence-electron chi connectivity index (χ4n) is 1.05. The van der Waals surface area contributed by atoms with E-state index in [0.717, 1.165) is 16.4 Å². The maximum Gasteiger partial charge on any atom is 0.150 e. The molecule has 0 saturated heterocycles. The van der Waals surface area contributed by atoms with Gasteiger partial charge in [-0.15, -0.1) is 11.8 Å². The average molecular weight is 213 g/mol. The largest absolute Gasteiger partial charge is 0.298 e. The Bertz CT molecular complexity index is 334. The van der Waals surface area contributed by atoms with Gasteiger partial charge in [0.05, 0.1) is 5.02 Å². The van der Waals surface area contributed by atoms with Gasteiger partial charge in [-0.1, -0.05) is 17.7 Å². The smallest absolute Gasteiger partial charge is 0.150 e. The summed E-state index contributed by atoms with van der Waals surface area (Å²) in [5.74, 6) is 0. The van der Waals surface area contributed by atoms with Crippen LogP contribution in [0.1, 0.15) is 23.2 Å². The molecule has 1 aromatic rings. The second-order valence-corrected chi connectivity index (χ2v) is 4.87. The lowest BCUT2D eigenvalue weighted by Gasteiger charge is -2.02. The number of halogens is 1. The van der Waals surface area contributed by atoms with Gasteiger partial charge in [0.25, 0.3) is 0 Å². The van der Waals surface area contributed by atoms with Crippen LogP contribution in [0.15, 0.2) is 23.1 Å². The summed E-state index contributed by atoms with van der Waals surface area (Å²) in [4.78, 5) is 11.5. The summed E-state index contributed by atoms with van der Waals surface area (Å²) in [6.07, 6.45) is 3.39. The van der Waals surface area contributed by atoms with Gasteiger partial charge in [0, 0.05) is 15.7 Å². The monoisotopic (exact) mass is 212 g/mol. The molecule has 1 fully saturated rings. The van der Waals surface area contributed by atoms with Gasteiger partial charge in [0.1, 0.15) is 6.29 Å².